The van der Waals surface area contributed by atoms with Crippen LogP contribution < -0.4 is 0 Å². The maximum Gasteiger partial charge on any atom is 0.137 e. The average Bonchev–Trinajstić information content (AvgIpc) is 2.82. The monoisotopic (exact) mass is 255 g/mol. The summed E-state index contributed by atoms with van der Waals surface area (Å²) in [4.78, 5) is 10.2. The lowest BCUT2D eigenvalue weighted by Gasteiger charge is -2.30. The van der Waals surface area contributed by atoms with E-state index in [-0.39, 0.29) is 0 Å². The summed E-state index contributed by atoms with van der Waals surface area (Å²) < 4.78 is 0. The average molecular weight is 255 g/mol. The van der Waals surface area contributed by atoms with E-state index in [2.05, 4.69) is 47.1 Å². The first-order valence-electron chi connectivity index (χ1n) is 7.13. The first-order valence-corrected chi connectivity index (χ1v) is 7.13. The third-order valence-electron chi connectivity index (χ3n) is 3.76. The number of hydrogen-bond acceptors (Lipinski definition) is 2. The number of hydrogen-bond donors (Lipinski definition) is 1. The van der Waals surface area contributed by atoms with Crippen molar-refractivity contribution in [1.82, 2.24) is 14.9 Å². The molecule has 1 aliphatic rings. The van der Waals surface area contributed by atoms with Crippen molar-refractivity contribution in [2.75, 3.05) is 19.6 Å². The van der Waals surface area contributed by atoms with Gasteiger partial charge in [-0.1, -0.05) is 19.9 Å². The molecule has 2 aromatic heterocycles. The van der Waals surface area contributed by atoms with Crippen LogP contribution in [-0.2, 0) is 0 Å². The van der Waals surface area contributed by atoms with Gasteiger partial charge in [-0.25, -0.2) is 4.98 Å². The first-order chi connectivity index (χ1) is 9.28. The summed E-state index contributed by atoms with van der Waals surface area (Å²) in [6.45, 7) is 7.97. The maximum atomic E-state index is 4.37. The fourth-order valence-corrected chi connectivity index (χ4v) is 3.04. The van der Waals surface area contributed by atoms with Crippen molar-refractivity contribution < 1.29 is 0 Å². The lowest BCUT2D eigenvalue weighted by Crippen LogP contribution is -2.34. The van der Waals surface area contributed by atoms with Crippen molar-refractivity contribution in [3.8, 4) is 0 Å². The fraction of sp³-hybridized carbons (Fsp3) is 0.438. The normalized spacial score (nSPS) is 20.7. The Morgan fingerprint density at radius 3 is 3.21 bits per heavy atom. The number of fused-ring (bicyclic) bond motifs is 1. The highest BCUT2D eigenvalue weighted by molar-refractivity contribution is 5.91. The molecule has 2 aromatic rings. The van der Waals surface area contributed by atoms with Gasteiger partial charge in [-0.15, -0.1) is 0 Å². The van der Waals surface area contributed by atoms with E-state index >= 15 is 0 Å². The quantitative estimate of drug-likeness (QED) is 0.912. The number of aromatic amines is 1. The molecule has 0 amide bonds. The Balaban J connectivity index is 1.96. The lowest BCUT2D eigenvalue weighted by atomic mass is 9.96. The van der Waals surface area contributed by atoms with Crippen LogP contribution in [-0.4, -0.2) is 34.5 Å². The van der Waals surface area contributed by atoms with Gasteiger partial charge in [0, 0.05) is 36.4 Å². The molecule has 0 radical (unpaired) electrons. The summed E-state index contributed by atoms with van der Waals surface area (Å²) >= 11 is 0. The van der Waals surface area contributed by atoms with Crippen LogP contribution in [0.1, 0.15) is 25.8 Å². The van der Waals surface area contributed by atoms with E-state index in [1.807, 2.05) is 12.3 Å². The Labute approximate surface area is 114 Å². The number of pyridine rings is 1. The second kappa shape index (κ2) is 5.17. The highest BCUT2D eigenvalue weighted by Gasteiger charge is 2.19. The molecule has 0 saturated heterocycles. The highest BCUT2D eigenvalue weighted by atomic mass is 15.1. The molecule has 3 heteroatoms. The van der Waals surface area contributed by atoms with Gasteiger partial charge in [-0.2, -0.15) is 0 Å². The number of rotatable bonds is 3. The van der Waals surface area contributed by atoms with Crippen molar-refractivity contribution in [2.45, 2.75) is 20.3 Å². The van der Waals surface area contributed by atoms with Crippen molar-refractivity contribution in [1.29, 1.82) is 0 Å². The first kappa shape index (κ1) is 12.4. The molecule has 1 atom stereocenters. The molecular formula is C16H21N3. The number of aromatic nitrogens is 2. The zero-order chi connectivity index (χ0) is 13.2. The van der Waals surface area contributed by atoms with Gasteiger partial charge in [0.1, 0.15) is 5.65 Å². The predicted octanol–water partition coefficient (Wildman–Crippen LogP) is 3.31. The second-order valence-corrected chi connectivity index (χ2v) is 5.51. The fourth-order valence-electron chi connectivity index (χ4n) is 3.04. The van der Waals surface area contributed by atoms with Gasteiger partial charge >= 0.3 is 0 Å². The maximum absolute atomic E-state index is 4.37. The Hall–Kier alpha value is -1.61. The summed E-state index contributed by atoms with van der Waals surface area (Å²) in [6, 6.07) is 4.16. The van der Waals surface area contributed by atoms with Gasteiger partial charge in [-0.05, 0) is 36.6 Å². The van der Waals surface area contributed by atoms with E-state index in [9.17, 15) is 0 Å². The molecule has 3 nitrogen and oxygen atoms in total. The van der Waals surface area contributed by atoms with Crippen LogP contribution in [0.15, 0.2) is 30.6 Å². The molecule has 0 fully saturated rings. The molecule has 0 bridgehead atoms. The van der Waals surface area contributed by atoms with E-state index in [0.29, 0.717) is 5.92 Å². The molecule has 0 unspecified atom stereocenters. The second-order valence-electron chi connectivity index (χ2n) is 5.51. The summed E-state index contributed by atoms with van der Waals surface area (Å²) in [7, 11) is 0. The minimum absolute atomic E-state index is 0.622. The van der Waals surface area contributed by atoms with Gasteiger partial charge in [0.2, 0.25) is 0 Å². The molecule has 1 N–H and O–H groups in total. The van der Waals surface area contributed by atoms with Crippen LogP contribution >= 0.6 is 0 Å². The number of nitrogens with one attached hydrogen (secondary N) is 1. The number of nitrogens with zero attached hydrogens (tertiary/aromatic N) is 2. The zero-order valence-corrected chi connectivity index (χ0v) is 11.7. The molecule has 0 aromatic carbocycles. The molecule has 100 valence electrons. The SMILES string of the molecule is CCCN1CC(c2c[nH]c3ncccc23)=C[C@@H](C)C1. The van der Waals surface area contributed by atoms with Crippen molar-refractivity contribution in [3.63, 3.8) is 0 Å². The smallest absolute Gasteiger partial charge is 0.137 e. The Bertz CT molecular complexity index is 597. The highest BCUT2D eigenvalue weighted by Crippen LogP contribution is 2.28. The summed E-state index contributed by atoms with van der Waals surface area (Å²) in [5, 5.41) is 1.24. The van der Waals surface area contributed by atoms with Gasteiger partial charge in [0.15, 0.2) is 0 Å². The molecule has 0 spiro atoms. The van der Waals surface area contributed by atoms with Gasteiger partial charge < -0.3 is 4.98 Å². The minimum Gasteiger partial charge on any atom is -0.346 e. The van der Waals surface area contributed by atoms with Crippen LogP contribution in [0.5, 0.6) is 0 Å². The van der Waals surface area contributed by atoms with E-state index in [1.54, 1.807) is 0 Å². The van der Waals surface area contributed by atoms with Crippen LogP contribution in [0.4, 0.5) is 0 Å². The molecule has 19 heavy (non-hydrogen) atoms. The molecule has 0 aliphatic carbocycles. The summed E-state index contributed by atoms with van der Waals surface area (Å²) in [5.41, 5.74) is 3.74. The van der Waals surface area contributed by atoms with Crippen LogP contribution in [0.2, 0.25) is 0 Å². The van der Waals surface area contributed by atoms with Crippen molar-refractivity contribution in [2.24, 2.45) is 5.92 Å². The van der Waals surface area contributed by atoms with Crippen LogP contribution in [0, 0.1) is 5.92 Å². The van der Waals surface area contributed by atoms with Gasteiger partial charge in [-0.3, -0.25) is 4.90 Å². The van der Waals surface area contributed by atoms with E-state index in [1.165, 1.54) is 36.0 Å². The Morgan fingerprint density at radius 2 is 2.37 bits per heavy atom. The van der Waals surface area contributed by atoms with Crippen LogP contribution in [0.3, 0.4) is 0 Å². The van der Waals surface area contributed by atoms with Crippen LogP contribution in [0.25, 0.3) is 16.6 Å². The van der Waals surface area contributed by atoms with Gasteiger partial charge in [0.25, 0.3) is 0 Å². The zero-order valence-electron chi connectivity index (χ0n) is 11.7. The molecular weight excluding hydrogens is 234 g/mol. The largest absolute Gasteiger partial charge is 0.346 e. The topological polar surface area (TPSA) is 31.9 Å². The van der Waals surface area contributed by atoms with Crippen molar-refractivity contribution in [3.05, 3.63) is 36.2 Å². The summed E-state index contributed by atoms with van der Waals surface area (Å²) in [5.74, 6) is 0.622. The third kappa shape index (κ3) is 2.43. The molecule has 0 saturated carbocycles. The third-order valence-corrected chi connectivity index (χ3v) is 3.76. The molecule has 1 aliphatic heterocycles. The van der Waals surface area contributed by atoms with Crippen molar-refractivity contribution >= 4 is 16.6 Å². The van der Waals surface area contributed by atoms with E-state index in [0.717, 1.165) is 12.2 Å². The lowest BCUT2D eigenvalue weighted by molar-refractivity contribution is 0.273. The standard InChI is InChI=1S/C16H21N3/c1-3-7-19-10-12(2)8-13(11-19)15-9-18-16-14(15)5-4-6-17-16/h4-6,8-9,12H,3,7,10-11H2,1-2H3,(H,17,18)/t12-/m1/s1. The number of H-pyrrole nitrogens is 1. The Kier molecular flexibility index (Phi) is 3.38. The molecule has 3 rings (SSSR count). The summed E-state index contributed by atoms with van der Waals surface area (Å²) in [6.07, 6.45) is 7.58. The van der Waals surface area contributed by atoms with E-state index in [4.69, 9.17) is 0 Å². The predicted molar refractivity (Wildman–Crippen MR) is 80.0 cm³/mol. The molecule has 3 heterocycles. The van der Waals surface area contributed by atoms with E-state index < -0.39 is 0 Å². The Morgan fingerprint density at radius 1 is 1.47 bits per heavy atom. The minimum atomic E-state index is 0.622. The van der Waals surface area contributed by atoms with Gasteiger partial charge in [0.05, 0.1) is 0 Å².